The third-order valence-corrected chi connectivity index (χ3v) is 8.21. The second-order valence-electron chi connectivity index (χ2n) is 9.58. The number of hydrogen-bond donors (Lipinski definition) is 4. The Balaban J connectivity index is 1.58. The number of alkyl halides is 3. The zero-order chi connectivity index (χ0) is 31.4. The molecule has 2 amide bonds. The minimum absolute atomic E-state index is 0.00420. The summed E-state index contributed by atoms with van der Waals surface area (Å²) >= 11 is 0. The fourth-order valence-electron chi connectivity index (χ4n) is 4.62. The van der Waals surface area contributed by atoms with Gasteiger partial charge in [-0.3, -0.25) is 14.4 Å². The van der Waals surface area contributed by atoms with Crippen molar-refractivity contribution in [3.63, 3.8) is 0 Å². The van der Waals surface area contributed by atoms with E-state index in [1.54, 1.807) is 0 Å². The topological polar surface area (TPSA) is 177 Å². The van der Waals surface area contributed by atoms with Crippen molar-refractivity contribution in [3.05, 3.63) is 66.0 Å². The van der Waals surface area contributed by atoms with Gasteiger partial charge in [-0.15, -0.1) is 0 Å². The largest absolute Gasteiger partial charge is 0.501 e. The summed E-state index contributed by atoms with van der Waals surface area (Å²) in [4.78, 5) is 45.2. The van der Waals surface area contributed by atoms with Crippen LogP contribution < -0.4 is 20.7 Å². The molecule has 4 N–H and O–H groups in total. The van der Waals surface area contributed by atoms with Crippen molar-refractivity contribution < 1.29 is 45.8 Å². The Hall–Kier alpha value is -4.73. The molecular formula is C27H26F3N5O7S. The number of ether oxygens (including phenoxy) is 1. The first-order valence-electron chi connectivity index (χ1n) is 12.8. The molecule has 1 heterocycles. The van der Waals surface area contributed by atoms with Crippen LogP contribution in [-0.4, -0.2) is 59.9 Å². The number of amides is 2. The highest BCUT2D eigenvalue weighted by Gasteiger charge is 2.47. The number of carboxylic acid groups (broad SMARTS) is 1. The van der Waals surface area contributed by atoms with Gasteiger partial charge >= 0.3 is 11.5 Å². The minimum Gasteiger partial charge on any atom is -0.481 e. The Bertz CT molecular complexity index is 1650. The van der Waals surface area contributed by atoms with E-state index in [1.165, 1.54) is 43.8 Å². The van der Waals surface area contributed by atoms with Gasteiger partial charge in [0.25, 0.3) is 21.7 Å². The zero-order valence-electron chi connectivity index (χ0n) is 22.5. The van der Waals surface area contributed by atoms with Gasteiger partial charge in [0.2, 0.25) is 5.88 Å². The smallest absolute Gasteiger partial charge is 0.481 e. The van der Waals surface area contributed by atoms with Gasteiger partial charge in [0.15, 0.2) is 0 Å². The average Bonchev–Trinajstić information content (AvgIpc) is 2.96. The summed E-state index contributed by atoms with van der Waals surface area (Å²) in [5.74, 6) is -3.09. The van der Waals surface area contributed by atoms with E-state index in [0.717, 1.165) is 12.1 Å². The molecule has 1 aliphatic rings. The van der Waals surface area contributed by atoms with E-state index < -0.39 is 43.9 Å². The Morgan fingerprint density at radius 2 is 1.74 bits per heavy atom. The van der Waals surface area contributed by atoms with Crippen LogP contribution in [0.15, 0.2) is 59.8 Å². The summed E-state index contributed by atoms with van der Waals surface area (Å²) < 4.78 is 67.8. The number of aliphatic carboxylic acids is 1. The van der Waals surface area contributed by atoms with Crippen LogP contribution in [0.1, 0.15) is 46.4 Å². The molecule has 0 aliphatic heterocycles. The summed E-state index contributed by atoms with van der Waals surface area (Å²) in [5, 5.41) is 17.5. The van der Waals surface area contributed by atoms with Crippen LogP contribution >= 0.6 is 0 Å². The monoisotopic (exact) mass is 621 g/mol. The predicted molar refractivity (Wildman–Crippen MR) is 148 cm³/mol. The lowest BCUT2D eigenvalue weighted by atomic mass is 9.86. The lowest BCUT2D eigenvalue weighted by Gasteiger charge is -2.28. The van der Waals surface area contributed by atoms with E-state index >= 15 is 0 Å². The van der Waals surface area contributed by atoms with Crippen molar-refractivity contribution in [2.45, 2.75) is 42.1 Å². The van der Waals surface area contributed by atoms with Crippen LogP contribution in [0.3, 0.4) is 0 Å². The summed E-state index contributed by atoms with van der Waals surface area (Å²) in [5.41, 5.74) is -5.96. The van der Waals surface area contributed by atoms with E-state index in [9.17, 15) is 41.1 Å². The standard InChI is InChI=1S/C27H26F3N5O7S/c1-42-25-21(22(31-14-32-25)33-16-7-4-6-15(12-16)26(38)39)24(37)35-20-11-3-2-10-19(20)23(36)34-17-8-5-9-18(13-17)43(40,41)27(28,29)30/h2-3,5,8-11,13-16H,4,6-7,12H2,1H3,(H,34,36)(H,35,37)(H,38,39)(H,31,32,33). The lowest BCUT2D eigenvalue weighted by molar-refractivity contribution is -0.142. The molecule has 0 radical (unpaired) electrons. The molecule has 1 aromatic heterocycles. The van der Waals surface area contributed by atoms with Crippen molar-refractivity contribution in [2.75, 3.05) is 23.1 Å². The molecule has 228 valence electrons. The van der Waals surface area contributed by atoms with Crippen LogP contribution in [0.5, 0.6) is 5.88 Å². The van der Waals surface area contributed by atoms with Crippen molar-refractivity contribution in [1.29, 1.82) is 0 Å². The van der Waals surface area contributed by atoms with Crippen molar-refractivity contribution in [1.82, 2.24) is 9.97 Å². The molecule has 43 heavy (non-hydrogen) atoms. The zero-order valence-corrected chi connectivity index (χ0v) is 23.3. The second kappa shape index (κ2) is 12.6. The molecule has 4 rings (SSSR count). The van der Waals surface area contributed by atoms with Crippen molar-refractivity contribution in [3.8, 4) is 5.88 Å². The summed E-state index contributed by atoms with van der Waals surface area (Å²) in [6.45, 7) is 0. The molecule has 1 aliphatic carbocycles. The van der Waals surface area contributed by atoms with Crippen LogP contribution in [0.4, 0.5) is 30.4 Å². The Labute approximate surface area is 243 Å². The molecule has 3 aromatic rings. The highest BCUT2D eigenvalue weighted by Crippen LogP contribution is 2.32. The first-order valence-corrected chi connectivity index (χ1v) is 14.3. The molecule has 2 atom stereocenters. The number of carboxylic acids is 1. The maximum atomic E-state index is 13.5. The molecule has 16 heteroatoms. The minimum atomic E-state index is -5.65. The van der Waals surface area contributed by atoms with Crippen LogP contribution in [0.25, 0.3) is 0 Å². The first kappa shape index (κ1) is 31.2. The van der Waals surface area contributed by atoms with E-state index in [0.29, 0.717) is 31.7 Å². The maximum Gasteiger partial charge on any atom is 0.501 e. The van der Waals surface area contributed by atoms with Gasteiger partial charge in [-0.05, 0) is 49.6 Å². The van der Waals surface area contributed by atoms with Crippen LogP contribution in [0, 0.1) is 5.92 Å². The number of hydrogen-bond acceptors (Lipinski definition) is 9. The number of rotatable bonds is 9. The number of nitrogens with one attached hydrogen (secondary N) is 3. The SMILES string of the molecule is COc1ncnc(NC2CCCC(C(=O)O)C2)c1C(=O)Nc1ccccc1C(=O)Nc1cccc(S(=O)(=O)C(F)(F)F)c1. The fraction of sp³-hybridized carbons (Fsp3) is 0.296. The lowest BCUT2D eigenvalue weighted by Crippen LogP contribution is -2.32. The van der Waals surface area contributed by atoms with Gasteiger partial charge in [-0.25, -0.2) is 18.4 Å². The third-order valence-electron chi connectivity index (χ3n) is 6.72. The number of nitrogens with zero attached hydrogens (tertiary/aromatic N) is 2. The van der Waals surface area contributed by atoms with E-state index in [-0.39, 0.29) is 40.2 Å². The number of sulfone groups is 1. The van der Waals surface area contributed by atoms with Gasteiger partial charge in [-0.2, -0.15) is 13.2 Å². The van der Waals surface area contributed by atoms with Crippen LogP contribution in [-0.2, 0) is 14.6 Å². The van der Waals surface area contributed by atoms with Crippen molar-refractivity contribution in [2.24, 2.45) is 5.92 Å². The molecule has 2 unspecified atom stereocenters. The average molecular weight is 622 g/mol. The molecule has 12 nitrogen and oxygen atoms in total. The summed E-state index contributed by atoms with van der Waals surface area (Å²) in [6.07, 6.45) is 3.33. The second-order valence-corrected chi connectivity index (χ2v) is 11.5. The number of methoxy groups -OCH3 is 1. The summed E-state index contributed by atoms with van der Waals surface area (Å²) in [6, 6.07) is 9.13. The van der Waals surface area contributed by atoms with Crippen LogP contribution in [0.2, 0.25) is 0 Å². The van der Waals surface area contributed by atoms with Gasteiger partial charge in [-0.1, -0.05) is 24.6 Å². The number of benzene rings is 2. The molecule has 0 bridgehead atoms. The van der Waals surface area contributed by atoms with E-state index in [2.05, 4.69) is 25.9 Å². The summed E-state index contributed by atoms with van der Waals surface area (Å²) in [7, 11) is -4.36. The predicted octanol–water partition coefficient (Wildman–Crippen LogP) is 4.34. The number of anilines is 3. The maximum absolute atomic E-state index is 13.5. The highest BCUT2D eigenvalue weighted by atomic mass is 32.2. The third kappa shape index (κ3) is 7.02. The Kier molecular flexibility index (Phi) is 9.18. The quantitative estimate of drug-likeness (QED) is 0.269. The molecular weight excluding hydrogens is 595 g/mol. The first-order chi connectivity index (χ1) is 20.3. The Morgan fingerprint density at radius 3 is 2.44 bits per heavy atom. The number of carbonyl (C=O) groups excluding carboxylic acids is 2. The molecule has 0 saturated heterocycles. The number of carbonyl (C=O) groups is 3. The van der Waals surface area contributed by atoms with E-state index in [4.69, 9.17) is 4.74 Å². The van der Waals surface area contributed by atoms with Gasteiger partial charge < -0.3 is 25.8 Å². The fourth-order valence-corrected chi connectivity index (χ4v) is 5.43. The number of para-hydroxylation sites is 1. The van der Waals surface area contributed by atoms with E-state index in [1.807, 2.05) is 0 Å². The van der Waals surface area contributed by atoms with Gasteiger partial charge in [0, 0.05) is 11.7 Å². The van der Waals surface area contributed by atoms with Crippen molar-refractivity contribution >= 4 is 44.8 Å². The van der Waals surface area contributed by atoms with Gasteiger partial charge in [0.1, 0.15) is 17.7 Å². The highest BCUT2D eigenvalue weighted by molar-refractivity contribution is 7.92. The molecule has 1 fully saturated rings. The molecule has 0 spiro atoms. The Morgan fingerprint density at radius 1 is 1.00 bits per heavy atom. The molecule has 1 saturated carbocycles. The number of halogens is 3. The molecule has 2 aromatic carbocycles. The normalized spacial score (nSPS) is 17.0. The number of aromatic nitrogens is 2. The van der Waals surface area contributed by atoms with Gasteiger partial charge in [0.05, 0.1) is 29.2 Å².